The number of thiocarbonyl (C=S) groups is 1. The average molecular weight is 442 g/mol. The van der Waals surface area contributed by atoms with Crippen molar-refractivity contribution in [2.24, 2.45) is 0 Å². The van der Waals surface area contributed by atoms with Crippen LogP contribution in [0, 0.1) is 6.92 Å². The molecule has 2 aromatic rings. The summed E-state index contributed by atoms with van der Waals surface area (Å²) in [6.07, 6.45) is 1.07. The predicted molar refractivity (Wildman–Crippen MR) is 125 cm³/mol. The van der Waals surface area contributed by atoms with Crippen molar-refractivity contribution in [1.82, 2.24) is 15.1 Å². The molecule has 0 spiro atoms. The molecule has 0 aromatic heterocycles. The van der Waals surface area contributed by atoms with Gasteiger partial charge < -0.3 is 24.4 Å². The summed E-state index contributed by atoms with van der Waals surface area (Å²) >= 11 is 5.81. The predicted octanol–water partition coefficient (Wildman–Crippen LogP) is 3.32. The topological polar surface area (TPSA) is 46.2 Å². The van der Waals surface area contributed by atoms with E-state index in [4.69, 9.17) is 26.4 Å². The van der Waals surface area contributed by atoms with Gasteiger partial charge >= 0.3 is 0 Å². The van der Waals surface area contributed by atoms with Crippen molar-refractivity contribution < 1.29 is 14.2 Å². The van der Waals surface area contributed by atoms with Crippen LogP contribution in [0.3, 0.4) is 0 Å². The van der Waals surface area contributed by atoms with E-state index >= 15 is 0 Å². The molecule has 2 aliphatic heterocycles. The number of rotatable bonds is 8. The Morgan fingerprint density at radius 2 is 1.90 bits per heavy atom. The van der Waals surface area contributed by atoms with Gasteiger partial charge in [0.1, 0.15) is 0 Å². The number of ether oxygens (including phenoxy) is 3. The van der Waals surface area contributed by atoms with Gasteiger partial charge in [-0.3, -0.25) is 4.90 Å². The average Bonchev–Trinajstić information content (AvgIpc) is 3.27. The van der Waals surface area contributed by atoms with Gasteiger partial charge in [-0.2, -0.15) is 0 Å². The smallest absolute Gasteiger partial charge is 0.231 e. The zero-order valence-electron chi connectivity index (χ0n) is 18.1. The number of morpholine rings is 1. The summed E-state index contributed by atoms with van der Waals surface area (Å²) in [6, 6.07) is 14.5. The SMILES string of the molecule is Cc1ccccc1CN(CCCN1CCOCC1)C(=S)NCc1ccc2c(c1)OCO2. The Balaban J connectivity index is 1.35. The number of hydrogen-bond acceptors (Lipinski definition) is 5. The van der Waals surface area contributed by atoms with E-state index in [0.717, 1.165) is 74.5 Å². The minimum atomic E-state index is 0.290. The Labute approximate surface area is 190 Å². The molecule has 1 saturated heterocycles. The minimum absolute atomic E-state index is 0.290. The van der Waals surface area contributed by atoms with Crippen molar-refractivity contribution in [3.63, 3.8) is 0 Å². The van der Waals surface area contributed by atoms with Gasteiger partial charge in [0.25, 0.3) is 0 Å². The van der Waals surface area contributed by atoms with Gasteiger partial charge in [-0.05, 0) is 54.4 Å². The summed E-state index contributed by atoms with van der Waals surface area (Å²) < 4.78 is 16.3. The molecule has 2 heterocycles. The van der Waals surface area contributed by atoms with Crippen LogP contribution in [0.4, 0.5) is 0 Å². The van der Waals surface area contributed by atoms with Gasteiger partial charge in [0.2, 0.25) is 6.79 Å². The van der Waals surface area contributed by atoms with Crippen molar-refractivity contribution in [2.75, 3.05) is 46.2 Å². The number of hydrogen-bond donors (Lipinski definition) is 1. The van der Waals surface area contributed by atoms with Gasteiger partial charge in [-0.15, -0.1) is 0 Å². The fourth-order valence-electron chi connectivity index (χ4n) is 3.90. The van der Waals surface area contributed by atoms with Gasteiger partial charge in [-0.25, -0.2) is 0 Å². The Morgan fingerprint density at radius 3 is 2.74 bits per heavy atom. The lowest BCUT2D eigenvalue weighted by molar-refractivity contribution is 0.0367. The van der Waals surface area contributed by atoms with Crippen LogP contribution in [-0.4, -0.2) is 61.1 Å². The second kappa shape index (κ2) is 10.8. The van der Waals surface area contributed by atoms with Crippen LogP contribution in [0.5, 0.6) is 11.5 Å². The largest absolute Gasteiger partial charge is 0.454 e. The van der Waals surface area contributed by atoms with Crippen molar-refractivity contribution in [3.05, 3.63) is 59.2 Å². The molecule has 0 unspecified atom stereocenters. The van der Waals surface area contributed by atoms with Crippen LogP contribution in [0.1, 0.15) is 23.1 Å². The summed E-state index contributed by atoms with van der Waals surface area (Å²) in [7, 11) is 0. The summed E-state index contributed by atoms with van der Waals surface area (Å²) in [5.74, 6) is 1.60. The highest BCUT2D eigenvalue weighted by atomic mass is 32.1. The third kappa shape index (κ3) is 6.09. The Bertz CT molecular complexity index is 886. The van der Waals surface area contributed by atoms with Crippen LogP contribution >= 0.6 is 12.2 Å². The molecule has 4 rings (SSSR count). The first kappa shape index (κ1) is 21.9. The zero-order chi connectivity index (χ0) is 21.5. The Morgan fingerprint density at radius 1 is 1.10 bits per heavy atom. The molecule has 1 fully saturated rings. The monoisotopic (exact) mass is 441 g/mol. The highest BCUT2D eigenvalue weighted by Gasteiger charge is 2.16. The van der Waals surface area contributed by atoms with Crippen molar-refractivity contribution in [3.8, 4) is 11.5 Å². The maximum Gasteiger partial charge on any atom is 0.231 e. The maximum atomic E-state index is 5.81. The Kier molecular flexibility index (Phi) is 7.61. The first-order chi connectivity index (χ1) is 15.2. The van der Waals surface area contributed by atoms with E-state index in [1.165, 1.54) is 11.1 Å². The summed E-state index contributed by atoms with van der Waals surface area (Å²) in [5, 5.41) is 4.23. The molecule has 31 heavy (non-hydrogen) atoms. The number of benzene rings is 2. The molecule has 0 aliphatic carbocycles. The van der Waals surface area contributed by atoms with Crippen LogP contribution < -0.4 is 14.8 Å². The lowest BCUT2D eigenvalue weighted by atomic mass is 10.1. The quantitative estimate of drug-likeness (QED) is 0.631. The number of fused-ring (bicyclic) bond motifs is 1. The lowest BCUT2D eigenvalue weighted by Crippen LogP contribution is -2.42. The second-order valence-electron chi connectivity index (χ2n) is 8.00. The molecule has 6 nitrogen and oxygen atoms in total. The van der Waals surface area contributed by atoms with Crippen LogP contribution in [0.2, 0.25) is 0 Å². The number of nitrogens with zero attached hydrogens (tertiary/aromatic N) is 2. The van der Waals surface area contributed by atoms with Crippen LogP contribution in [-0.2, 0) is 17.8 Å². The number of aryl methyl sites for hydroxylation is 1. The normalized spacial score (nSPS) is 15.6. The van der Waals surface area contributed by atoms with E-state index in [-0.39, 0.29) is 6.79 Å². The van der Waals surface area contributed by atoms with Gasteiger partial charge in [0.05, 0.1) is 13.2 Å². The van der Waals surface area contributed by atoms with Gasteiger partial charge in [0, 0.05) is 39.3 Å². The fourth-order valence-corrected chi connectivity index (χ4v) is 4.12. The van der Waals surface area contributed by atoms with Crippen molar-refractivity contribution in [1.29, 1.82) is 0 Å². The van der Waals surface area contributed by atoms with E-state index < -0.39 is 0 Å². The molecule has 0 saturated carbocycles. The summed E-state index contributed by atoms with van der Waals surface area (Å²) in [4.78, 5) is 4.75. The molecular weight excluding hydrogens is 410 g/mol. The van der Waals surface area contributed by atoms with Crippen LogP contribution in [0.25, 0.3) is 0 Å². The third-order valence-corrected chi connectivity index (χ3v) is 6.20. The first-order valence-corrected chi connectivity index (χ1v) is 11.4. The second-order valence-corrected chi connectivity index (χ2v) is 8.39. The van der Waals surface area contributed by atoms with Crippen LogP contribution in [0.15, 0.2) is 42.5 Å². The highest BCUT2D eigenvalue weighted by Crippen LogP contribution is 2.32. The molecule has 166 valence electrons. The van der Waals surface area contributed by atoms with Gasteiger partial charge in [-0.1, -0.05) is 30.3 Å². The Hall–Kier alpha value is -2.35. The highest BCUT2D eigenvalue weighted by molar-refractivity contribution is 7.80. The van der Waals surface area contributed by atoms with Gasteiger partial charge in [0.15, 0.2) is 16.6 Å². The fraction of sp³-hybridized carbons (Fsp3) is 0.458. The molecule has 7 heteroatoms. The van der Waals surface area contributed by atoms with E-state index in [9.17, 15) is 0 Å². The van der Waals surface area contributed by atoms with E-state index in [1.807, 2.05) is 18.2 Å². The lowest BCUT2D eigenvalue weighted by Gasteiger charge is -2.30. The molecule has 0 amide bonds. The van der Waals surface area contributed by atoms with Crippen molar-refractivity contribution >= 4 is 17.3 Å². The molecule has 0 atom stereocenters. The minimum Gasteiger partial charge on any atom is -0.454 e. The van der Waals surface area contributed by atoms with E-state index in [0.29, 0.717) is 6.54 Å². The maximum absolute atomic E-state index is 5.81. The first-order valence-electron chi connectivity index (χ1n) is 10.9. The van der Waals surface area contributed by atoms with Crippen molar-refractivity contribution in [2.45, 2.75) is 26.4 Å². The molecule has 0 radical (unpaired) electrons. The zero-order valence-corrected chi connectivity index (χ0v) is 19.0. The molecule has 1 N–H and O–H groups in total. The number of nitrogens with one attached hydrogen (secondary N) is 1. The van der Waals surface area contributed by atoms with E-state index in [1.54, 1.807) is 0 Å². The van der Waals surface area contributed by atoms with E-state index in [2.05, 4.69) is 46.3 Å². The molecule has 2 aromatic carbocycles. The summed E-state index contributed by atoms with van der Waals surface area (Å²) in [6.45, 7) is 9.60. The molecule has 0 bridgehead atoms. The molecular formula is C24H31N3O3S. The molecule has 2 aliphatic rings. The third-order valence-electron chi connectivity index (χ3n) is 5.80. The summed E-state index contributed by atoms with van der Waals surface area (Å²) in [5.41, 5.74) is 3.72. The standard InChI is InChI=1S/C24H31N3O3S/c1-19-5-2-3-6-21(19)17-27(10-4-9-26-11-13-28-14-12-26)24(31)25-16-20-7-8-22-23(15-20)30-18-29-22/h2-3,5-8,15H,4,9-14,16-18H2,1H3,(H,25,31).